The summed E-state index contributed by atoms with van der Waals surface area (Å²) in [4.78, 5) is 0. The molecular weight excluding hydrogens is 553 g/mol. The van der Waals surface area contributed by atoms with Crippen LogP contribution in [0.1, 0.15) is 175 Å². The van der Waals surface area contributed by atoms with Crippen LogP contribution in [-0.2, 0) is 25.7 Å². The maximum atomic E-state index is 2.53. The second-order valence-electron chi connectivity index (χ2n) is 13.6. The molecule has 0 aliphatic rings. The van der Waals surface area contributed by atoms with Gasteiger partial charge in [-0.05, 0) is 95.9 Å². The zero-order valence-corrected chi connectivity index (χ0v) is 30.2. The SMILES string of the molecule is CCCCCCc1ccc(C=Cc2cc(CCCCCC)c(C=Cc3ccc(CCCCCC)cc3)cc2CCCCCC)cc1. The van der Waals surface area contributed by atoms with Gasteiger partial charge in [-0.2, -0.15) is 0 Å². The fourth-order valence-corrected chi connectivity index (χ4v) is 6.43. The summed E-state index contributed by atoms with van der Waals surface area (Å²) in [6, 6.07) is 23.6. The molecule has 46 heavy (non-hydrogen) atoms. The Hall–Kier alpha value is -2.86. The second-order valence-corrected chi connectivity index (χ2v) is 13.6. The quantitative estimate of drug-likeness (QED) is 0.0692. The highest BCUT2D eigenvalue weighted by molar-refractivity contribution is 5.76. The molecule has 0 saturated carbocycles. The Morgan fingerprint density at radius 1 is 0.348 bits per heavy atom. The van der Waals surface area contributed by atoms with Crippen LogP contribution in [0.5, 0.6) is 0 Å². The average molecular weight is 619 g/mol. The van der Waals surface area contributed by atoms with Gasteiger partial charge in [0.25, 0.3) is 0 Å². The second kappa shape index (κ2) is 23.5. The smallest absolute Gasteiger partial charge is 0.0221 e. The molecule has 0 heterocycles. The molecule has 0 amide bonds. The Bertz CT molecular complexity index is 1150. The van der Waals surface area contributed by atoms with Gasteiger partial charge in [-0.3, -0.25) is 0 Å². The van der Waals surface area contributed by atoms with Crippen LogP contribution in [0, 0.1) is 0 Å². The first kappa shape index (κ1) is 37.6. The number of rotatable bonds is 24. The normalized spacial score (nSPS) is 11.7. The molecule has 0 atom stereocenters. The van der Waals surface area contributed by atoms with E-state index in [0.717, 1.165) is 12.8 Å². The van der Waals surface area contributed by atoms with Crippen molar-refractivity contribution in [3.05, 3.63) is 105 Å². The standard InChI is InChI=1S/C46H66/c1-5-9-13-17-21-39-25-29-41(30-26-39)33-35-45-37-44(24-20-16-12-8-4)46(38-43(45)23-19-15-11-7-3)36-34-42-31-27-40(28-32-42)22-18-14-10-6-2/h25-38H,5-24H2,1-4H3. The van der Waals surface area contributed by atoms with E-state index < -0.39 is 0 Å². The van der Waals surface area contributed by atoms with Crippen LogP contribution in [-0.4, -0.2) is 0 Å². The van der Waals surface area contributed by atoms with E-state index in [0.29, 0.717) is 0 Å². The van der Waals surface area contributed by atoms with E-state index in [2.05, 4.69) is 113 Å². The van der Waals surface area contributed by atoms with Gasteiger partial charge in [-0.1, -0.05) is 190 Å². The van der Waals surface area contributed by atoms with Crippen LogP contribution in [0.4, 0.5) is 0 Å². The van der Waals surface area contributed by atoms with Crippen molar-refractivity contribution in [3.63, 3.8) is 0 Å². The first-order chi connectivity index (χ1) is 22.7. The van der Waals surface area contributed by atoms with Crippen LogP contribution in [0.2, 0.25) is 0 Å². The number of hydrogen-bond acceptors (Lipinski definition) is 0. The van der Waals surface area contributed by atoms with Crippen molar-refractivity contribution >= 4 is 24.3 Å². The van der Waals surface area contributed by atoms with E-state index in [4.69, 9.17) is 0 Å². The molecule has 0 aliphatic carbocycles. The molecular formula is C46H66. The molecule has 0 nitrogen and oxygen atoms in total. The summed E-state index contributed by atoms with van der Waals surface area (Å²) in [5.74, 6) is 0. The van der Waals surface area contributed by atoms with E-state index in [-0.39, 0.29) is 0 Å². The lowest BCUT2D eigenvalue weighted by atomic mass is 9.91. The van der Waals surface area contributed by atoms with Gasteiger partial charge in [0.15, 0.2) is 0 Å². The van der Waals surface area contributed by atoms with Gasteiger partial charge >= 0.3 is 0 Å². The van der Waals surface area contributed by atoms with Crippen molar-refractivity contribution in [2.45, 2.75) is 156 Å². The van der Waals surface area contributed by atoms with Crippen molar-refractivity contribution in [1.82, 2.24) is 0 Å². The van der Waals surface area contributed by atoms with Gasteiger partial charge in [0.05, 0.1) is 0 Å². The number of hydrogen-bond donors (Lipinski definition) is 0. The van der Waals surface area contributed by atoms with Gasteiger partial charge in [-0.25, -0.2) is 0 Å². The number of benzene rings is 3. The van der Waals surface area contributed by atoms with Crippen molar-refractivity contribution in [3.8, 4) is 0 Å². The maximum Gasteiger partial charge on any atom is -0.0221 e. The van der Waals surface area contributed by atoms with Crippen molar-refractivity contribution in [2.24, 2.45) is 0 Å². The zero-order valence-electron chi connectivity index (χ0n) is 30.2. The lowest BCUT2D eigenvalue weighted by Gasteiger charge is -2.14. The van der Waals surface area contributed by atoms with Gasteiger partial charge in [-0.15, -0.1) is 0 Å². The van der Waals surface area contributed by atoms with Crippen molar-refractivity contribution < 1.29 is 0 Å². The lowest BCUT2D eigenvalue weighted by Crippen LogP contribution is -1.98. The molecule has 0 radical (unpaired) electrons. The fourth-order valence-electron chi connectivity index (χ4n) is 6.43. The molecule has 0 heteroatoms. The Morgan fingerprint density at radius 3 is 1.00 bits per heavy atom. The van der Waals surface area contributed by atoms with Gasteiger partial charge in [0.1, 0.15) is 0 Å². The van der Waals surface area contributed by atoms with E-state index in [1.165, 1.54) is 160 Å². The molecule has 0 bridgehead atoms. The highest BCUT2D eigenvalue weighted by atomic mass is 14.1. The molecule has 0 fully saturated rings. The first-order valence-electron chi connectivity index (χ1n) is 19.4. The first-order valence-corrected chi connectivity index (χ1v) is 19.4. The summed E-state index contributed by atoms with van der Waals surface area (Å²) < 4.78 is 0. The third kappa shape index (κ3) is 14.7. The lowest BCUT2D eigenvalue weighted by molar-refractivity contribution is 0.663. The summed E-state index contributed by atoms with van der Waals surface area (Å²) in [6.07, 6.45) is 35.1. The number of unbranched alkanes of at least 4 members (excludes halogenated alkanes) is 12. The van der Waals surface area contributed by atoms with Crippen LogP contribution in [0.3, 0.4) is 0 Å². The Kier molecular flexibility index (Phi) is 19.2. The molecule has 3 aromatic carbocycles. The summed E-state index contributed by atoms with van der Waals surface area (Å²) in [5, 5.41) is 0. The minimum atomic E-state index is 1.15. The van der Waals surface area contributed by atoms with E-state index in [1.54, 1.807) is 0 Å². The summed E-state index contributed by atoms with van der Waals surface area (Å²) in [7, 11) is 0. The molecule has 3 aromatic rings. The van der Waals surface area contributed by atoms with Crippen LogP contribution >= 0.6 is 0 Å². The summed E-state index contributed by atoms with van der Waals surface area (Å²) in [6.45, 7) is 9.18. The third-order valence-corrected chi connectivity index (χ3v) is 9.51. The predicted octanol–water partition coefficient (Wildman–Crippen LogP) is 14.5. The van der Waals surface area contributed by atoms with Gasteiger partial charge in [0.2, 0.25) is 0 Å². The van der Waals surface area contributed by atoms with Crippen LogP contribution in [0.25, 0.3) is 24.3 Å². The summed E-state index contributed by atoms with van der Waals surface area (Å²) in [5.41, 5.74) is 11.4. The number of aryl methyl sites for hydroxylation is 4. The van der Waals surface area contributed by atoms with E-state index in [1.807, 2.05) is 0 Å². The zero-order chi connectivity index (χ0) is 32.7. The van der Waals surface area contributed by atoms with Crippen LogP contribution in [0.15, 0.2) is 60.7 Å². The van der Waals surface area contributed by atoms with Crippen molar-refractivity contribution in [2.75, 3.05) is 0 Å². The third-order valence-electron chi connectivity index (χ3n) is 9.51. The molecule has 0 unspecified atom stereocenters. The summed E-state index contributed by atoms with van der Waals surface area (Å²) >= 11 is 0. The van der Waals surface area contributed by atoms with Gasteiger partial charge in [0, 0.05) is 0 Å². The average Bonchev–Trinajstić information content (AvgIpc) is 3.09. The van der Waals surface area contributed by atoms with Crippen molar-refractivity contribution in [1.29, 1.82) is 0 Å². The highest BCUT2D eigenvalue weighted by Gasteiger charge is 2.09. The minimum absolute atomic E-state index is 1.15. The molecule has 0 N–H and O–H groups in total. The maximum absolute atomic E-state index is 2.53. The van der Waals surface area contributed by atoms with E-state index in [9.17, 15) is 0 Å². The molecule has 0 spiro atoms. The van der Waals surface area contributed by atoms with Crippen LogP contribution < -0.4 is 0 Å². The topological polar surface area (TPSA) is 0 Å². The molecule has 0 aromatic heterocycles. The highest BCUT2D eigenvalue weighted by Crippen LogP contribution is 2.26. The van der Waals surface area contributed by atoms with Gasteiger partial charge < -0.3 is 0 Å². The monoisotopic (exact) mass is 619 g/mol. The fraction of sp³-hybridized carbons (Fsp3) is 0.522. The largest absolute Gasteiger partial charge is 0.0654 e. The Labute approximate surface area is 284 Å². The Balaban J connectivity index is 1.83. The molecule has 250 valence electrons. The Morgan fingerprint density at radius 2 is 0.674 bits per heavy atom. The van der Waals surface area contributed by atoms with E-state index >= 15 is 0 Å². The molecule has 3 rings (SSSR count). The minimum Gasteiger partial charge on any atom is -0.0654 e. The molecule has 0 saturated heterocycles. The predicted molar refractivity (Wildman–Crippen MR) is 209 cm³/mol. The molecule has 0 aliphatic heterocycles.